The molecule has 2 aliphatic heterocycles. The first kappa shape index (κ1) is 19.2. The van der Waals surface area contributed by atoms with Crippen molar-refractivity contribution in [1.82, 2.24) is 25.5 Å². The van der Waals surface area contributed by atoms with Crippen molar-refractivity contribution in [2.24, 2.45) is 11.8 Å². The number of imidazole rings is 1. The van der Waals surface area contributed by atoms with E-state index in [1.54, 1.807) is 6.20 Å². The summed E-state index contributed by atoms with van der Waals surface area (Å²) in [6.45, 7) is 5.91. The molecule has 3 heterocycles. The monoisotopic (exact) mass is 381 g/mol. The van der Waals surface area contributed by atoms with Gasteiger partial charge >= 0.3 is 0 Å². The molecule has 6 nitrogen and oxygen atoms in total. The number of nitrogens with zero attached hydrogens (tertiary/aromatic N) is 2. The number of hydrogen-bond donors (Lipinski definition) is 3. The summed E-state index contributed by atoms with van der Waals surface area (Å²) >= 11 is 0. The Labute approximate surface area is 167 Å². The van der Waals surface area contributed by atoms with Crippen LogP contribution in [0.1, 0.15) is 37.1 Å². The molecular formula is C22H31N5O. The summed E-state index contributed by atoms with van der Waals surface area (Å²) in [7, 11) is 0. The summed E-state index contributed by atoms with van der Waals surface area (Å²) in [5, 5.41) is 10.3. The summed E-state index contributed by atoms with van der Waals surface area (Å²) in [5.41, 5.74) is 2.17. The number of fused-ring (bicyclic) bond motifs is 2. The maximum atomic E-state index is 12.4. The Morgan fingerprint density at radius 3 is 3.04 bits per heavy atom. The van der Waals surface area contributed by atoms with E-state index in [0.29, 0.717) is 19.0 Å². The second-order valence-corrected chi connectivity index (χ2v) is 8.18. The van der Waals surface area contributed by atoms with Crippen molar-refractivity contribution < 1.29 is 4.79 Å². The topological polar surface area (TPSA) is 71.0 Å². The van der Waals surface area contributed by atoms with Gasteiger partial charge in [0, 0.05) is 31.4 Å². The third kappa shape index (κ3) is 4.45. The fourth-order valence-electron chi connectivity index (χ4n) is 4.64. The summed E-state index contributed by atoms with van der Waals surface area (Å²) in [4.78, 5) is 16.7. The van der Waals surface area contributed by atoms with Crippen molar-refractivity contribution in [3.05, 3.63) is 48.0 Å². The van der Waals surface area contributed by atoms with Gasteiger partial charge in [-0.25, -0.2) is 4.98 Å². The molecule has 2 aromatic rings. The summed E-state index contributed by atoms with van der Waals surface area (Å²) in [6.07, 6.45) is 7.70. The minimum Gasteiger partial charge on any atom is -0.352 e. The lowest BCUT2D eigenvalue weighted by atomic mass is 9.80. The Morgan fingerprint density at radius 1 is 1.29 bits per heavy atom. The first-order chi connectivity index (χ1) is 13.7. The highest BCUT2D eigenvalue weighted by Gasteiger charge is 2.32. The first-order valence-corrected chi connectivity index (χ1v) is 10.5. The lowest BCUT2D eigenvalue weighted by Crippen LogP contribution is -2.54. The molecule has 0 unspecified atom stereocenters. The number of carbonyl (C=O) groups is 1. The molecule has 0 saturated carbocycles. The van der Waals surface area contributed by atoms with Gasteiger partial charge in [-0.2, -0.15) is 0 Å². The zero-order valence-corrected chi connectivity index (χ0v) is 16.7. The van der Waals surface area contributed by atoms with Gasteiger partial charge in [-0.15, -0.1) is 0 Å². The molecule has 2 fully saturated rings. The number of carbonyl (C=O) groups excluding carboxylic acids is 1. The molecular weight excluding hydrogens is 350 g/mol. The molecule has 150 valence electrons. The van der Waals surface area contributed by atoms with Crippen molar-refractivity contribution >= 4 is 5.91 Å². The maximum absolute atomic E-state index is 12.4. The fraction of sp³-hybridized carbons (Fsp3) is 0.545. The van der Waals surface area contributed by atoms with E-state index in [-0.39, 0.29) is 5.91 Å². The van der Waals surface area contributed by atoms with Crippen LogP contribution in [0, 0.1) is 18.8 Å². The molecule has 28 heavy (non-hydrogen) atoms. The van der Waals surface area contributed by atoms with Crippen LogP contribution >= 0.6 is 0 Å². The van der Waals surface area contributed by atoms with Crippen molar-refractivity contribution in [3.8, 4) is 5.69 Å². The van der Waals surface area contributed by atoms with E-state index in [9.17, 15) is 4.79 Å². The molecule has 3 N–H and O–H groups in total. The van der Waals surface area contributed by atoms with Gasteiger partial charge in [-0.3, -0.25) is 4.79 Å². The zero-order valence-electron chi connectivity index (χ0n) is 16.7. The SMILES string of the molecule is Cc1nccn1-c1ccccc1CNC(=O)CCC[C@@H]1NC[C@@H]2CNC[C@H]1C2. The van der Waals surface area contributed by atoms with Crippen LogP contribution < -0.4 is 16.0 Å². The number of aromatic nitrogens is 2. The molecule has 6 heteroatoms. The summed E-state index contributed by atoms with van der Waals surface area (Å²) in [5.74, 6) is 2.59. The second-order valence-electron chi connectivity index (χ2n) is 8.18. The van der Waals surface area contributed by atoms with E-state index in [2.05, 4.69) is 37.6 Å². The molecule has 1 aromatic heterocycles. The van der Waals surface area contributed by atoms with Crippen LogP contribution in [-0.2, 0) is 11.3 Å². The Morgan fingerprint density at radius 2 is 2.18 bits per heavy atom. The Bertz CT molecular complexity index is 802. The maximum Gasteiger partial charge on any atom is 0.220 e. The lowest BCUT2D eigenvalue weighted by Gasteiger charge is -2.41. The highest BCUT2D eigenvalue weighted by Crippen LogP contribution is 2.26. The van der Waals surface area contributed by atoms with Gasteiger partial charge in [0.1, 0.15) is 5.82 Å². The molecule has 0 radical (unpaired) electrons. The van der Waals surface area contributed by atoms with E-state index < -0.39 is 0 Å². The standard InChI is InChI=1S/C22H31N5O/c1-16-24-9-10-27(16)21-7-3-2-5-18(21)15-26-22(28)8-4-6-20-19-11-17(13-25-20)12-23-14-19/h2-3,5,7,9-10,17,19-20,23,25H,4,6,8,11-15H2,1H3,(H,26,28)/t17-,19+,20-/m0/s1. The van der Waals surface area contributed by atoms with E-state index >= 15 is 0 Å². The predicted molar refractivity (Wildman–Crippen MR) is 110 cm³/mol. The molecule has 4 rings (SSSR count). The van der Waals surface area contributed by atoms with Crippen molar-refractivity contribution in [3.63, 3.8) is 0 Å². The third-order valence-corrected chi connectivity index (χ3v) is 6.19. The van der Waals surface area contributed by atoms with E-state index in [0.717, 1.165) is 61.4 Å². The molecule has 2 bridgehead atoms. The lowest BCUT2D eigenvalue weighted by molar-refractivity contribution is -0.121. The van der Waals surface area contributed by atoms with Gasteiger partial charge in [0.2, 0.25) is 5.91 Å². The highest BCUT2D eigenvalue weighted by molar-refractivity contribution is 5.75. The van der Waals surface area contributed by atoms with Crippen LogP contribution in [0.15, 0.2) is 36.7 Å². The second kappa shape index (κ2) is 8.88. The number of para-hydroxylation sites is 1. The largest absolute Gasteiger partial charge is 0.352 e. The number of piperidine rings is 2. The number of amides is 1. The Hall–Kier alpha value is -2.18. The van der Waals surface area contributed by atoms with Crippen LogP contribution in [0.4, 0.5) is 0 Å². The van der Waals surface area contributed by atoms with Crippen LogP contribution in [0.3, 0.4) is 0 Å². The van der Waals surface area contributed by atoms with Gasteiger partial charge < -0.3 is 20.5 Å². The summed E-state index contributed by atoms with van der Waals surface area (Å²) < 4.78 is 2.06. The van der Waals surface area contributed by atoms with E-state index in [4.69, 9.17) is 0 Å². The highest BCUT2D eigenvalue weighted by atomic mass is 16.1. The van der Waals surface area contributed by atoms with Crippen molar-refractivity contribution in [2.45, 2.75) is 45.2 Å². The number of aryl methyl sites for hydroxylation is 1. The number of hydrogen-bond acceptors (Lipinski definition) is 4. The molecule has 1 aromatic carbocycles. The van der Waals surface area contributed by atoms with Crippen LogP contribution in [0.5, 0.6) is 0 Å². The van der Waals surface area contributed by atoms with Crippen LogP contribution in [0.2, 0.25) is 0 Å². The zero-order chi connectivity index (χ0) is 19.3. The fourth-order valence-corrected chi connectivity index (χ4v) is 4.64. The number of nitrogens with one attached hydrogen (secondary N) is 3. The normalized spacial score (nSPS) is 24.1. The first-order valence-electron chi connectivity index (χ1n) is 10.5. The average molecular weight is 382 g/mol. The van der Waals surface area contributed by atoms with Gasteiger partial charge in [0.05, 0.1) is 5.69 Å². The van der Waals surface area contributed by atoms with Gasteiger partial charge in [0.25, 0.3) is 0 Å². The number of rotatable bonds is 7. The Kier molecular flexibility index (Phi) is 6.07. The van der Waals surface area contributed by atoms with Gasteiger partial charge in [-0.1, -0.05) is 18.2 Å². The quantitative estimate of drug-likeness (QED) is 0.687. The molecule has 0 spiro atoms. The van der Waals surface area contributed by atoms with E-state index in [1.165, 1.54) is 6.42 Å². The van der Waals surface area contributed by atoms with Crippen molar-refractivity contribution in [1.29, 1.82) is 0 Å². The summed E-state index contributed by atoms with van der Waals surface area (Å²) in [6, 6.07) is 8.71. The average Bonchev–Trinajstić information content (AvgIpc) is 3.14. The third-order valence-electron chi connectivity index (χ3n) is 6.19. The number of benzene rings is 1. The molecule has 3 atom stereocenters. The minimum absolute atomic E-state index is 0.132. The minimum atomic E-state index is 0.132. The smallest absolute Gasteiger partial charge is 0.220 e. The van der Waals surface area contributed by atoms with Gasteiger partial charge in [0.15, 0.2) is 0 Å². The van der Waals surface area contributed by atoms with Gasteiger partial charge in [-0.05, 0) is 69.3 Å². The molecule has 0 aliphatic carbocycles. The molecule has 2 aliphatic rings. The van der Waals surface area contributed by atoms with E-state index in [1.807, 2.05) is 25.3 Å². The molecule has 2 saturated heterocycles. The van der Waals surface area contributed by atoms with Crippen LogP contribution in [-0.4, -0.2) is 41.1 Å². The molecule has 1 amide bonds. The predicted octanol–water partition coefficient (Wildman–Crippen LogP) is 2.16. The Balaban J connectivity index is 1.25. The van der Waals surface area contributed by atoms with Crippen LogP contribution in [0.25, 0.3) is 5.69 Å². The van der Waals surface area contributed by atoms with Crippen molar-refractivity contribution in [2.75, 3.05) is 19.6 Å².